The molecule has 0 fully saturated rings. The van der Waals surface area contributed by atoms with E-state index in [4.69, 9.17) is 25.4 Å². The van der Waals surface area contributed by atoms with Gasteiger partial charge in [-0.25, -0.2) is 4.99 Å². The molecule has 0 aliphatic carbocycles. The third-order valence-corrected chi connectivity index (χ3v) is 6.06. The minimum absolute atomic E-state index is 0.0563. The number of halogens is 1. The van der Waals surface area contributed by atoms with Crippen LogP contribution in [0.15, 0.2) is 74.9 Å². The third kappa shape index (κ3) is 5.52. The van der Waals surface area contributed by atoms with E-state index in [2.05, 4.69) is 25.9 Å². The maximum Gasteiger partial charge on any atom is 0.259 e. The quantitative estimate of drug-likeness (QED) is 0.357. The van der Waals surface area contributed by atoms with Gasteiger partial charge in [-0.1, -0.05) is 28.9 Å². The summed E-state index contributed by atoms with van der Waals surface area (Å²) in [5, 5.41) is 14.1. The number of nitrogens with zero attached hydrogens (tertiary/aromatic N) is 4. The Morgan fingerprint density at radius 2 is 1.87 bits per heavy atom. The van der Waals surface area contributed by atoms with Crippen LogP contribution in [0, 0.1) is 13.8 Å². The van der Waals surface area contributed by atoms with Crippen LogP contribution in [0.5, 0.6) is 11.6 Å². The fourth-order valence-corrected chi connectivity index (χ4v) is 4.05. The van der Waals surface area contributed by atoms with E-state index >= 15 is 0 Å². The molecule has 1 unspecified atom stereocenters. The van der Waals surface area contributed by atoms with Crippen LogP contribution in [0.25, 0.3) is 0 Å². The van der Waals surface area contributed by atoms with Crippen LogP contribution in [-0.4, -0.2) is 45.6 Å². The smallest absolute Gasteiger partial charge is 0.259 e. The standard InChI is InChI=1S/C26H23ClN6O5/c1-15-23(16(2)38-31-15)24(34)30-21-13-28-26(33(25(21)35)14-17-3-5-18(27)6-4-17)29-19-7-9-20(10-8-19)37-22-11-12-36-32-22/h3-12,21H,13-14H2,1-2H3,(H,28,29)(H,30,34). The SMILES string of the molecule is Cc1noc(C)c1C(=O)NC1CN=C(Nc2ccc(Oc3ccon3)cc2)N(Cc2ccc(Cl)cc2)C1=O. The number of aromatic nitrogens is 2. The van der Waals surface area contributed by atoms with Gasteiger partial charge in [0.1, 0.15) is 29.4 Å². The van der Waals surface area contributed by atoms with Crippen molar-refractivity contribution in [1.29, 1.82) is 0 Å². The van der Waals surface area contributed by atoms with Gasteiger partial charge in [0, 0.05) is 16.8 Å². The number of carbonyl (C=O) groups excluding carboxylic acids is 2. The predicted octanol–water partition coefficient (Wildman–Crippen LogP) is 4.33. The van der Waals surface area contributed by atoms with E-state index in [9.17, 15) is 9.59 Å². The van der Waals surface area contributed by atoms with E-state index in [1.54, 1.807) is 56.3 Å². The average Bonchev–Trinajstić information content (AvgIpc) is 3.54. The van der Waals surface area contributed by atoms with E-state index in [0.29, 0.717) is 45.3 Å². The summed E-state index contributed by atoms with van der Waals surface area (Å²) >= 11 is 6.03. The molecule has 11 nitrogen and oxygen atoms in total. The molecule has 3 heterocycles. The first-order valence-electron chi connectivity index (χ1n) is 11.7. The van der Waals surface area contributed by atoms with Crippen LogP contribution in [0.2, 0.25) is 5.02 Å². The maximum atomic E-state index is 13.6. The van der Waals surface area contributed by atoms with E-state index < -0.39 is 11.9 Å². The van der Waals surface area contributed by atoms with Gasteiger partial charge in [0.05, 0.1) is 18.8 Å². The van der Waals surface area contributed by atoms with E-state index in [-0.39, 0.29) is 19.0 Å². The normalized spacial score (nSPS) is 15.2. The van der Waals surface area contributed by atoms with Gasteiger partial charge in [-0.15, -0.1) is 0 Å². The molecule has 1 aliphatic heterocycles. The Morgan fingerprint density at radius 3 is 2.53 bits per heavy atom. The van der Waals surface area contributed by atoms with Crippen molar-refractivity contribution in [3.63, 3.8) is 0 Å². The van der Waals surface area contributed by atoms with Crippen molar-refractivity contribution in [2.24, 2.45) is 4.99 Å². The van der Waals surface area contributed by atoms with Gasteiger partial charge in [0.15, 0.2) is 0 Å². The highest BCUT2D eigenvalue weighted by Gasteiger charge is 2.34. The molecule has 0 radical (unpaired) electrons. The number of hydrogen-bond donors (Lipinski definition) is 2. The lowest BCUT2D eigenvalue weighted by atomic mass is 10.1. The third-order valence-electron chi connectivity index (χ3n) is 5.81. The number of rotatable bonds is 7. The number of benzene rings is 2. The fourth-order valence-electron chi connectivity index (χ4n) is 3.92. The highest BCUT2D eigenvalue weighted by molar-refractivity contribution is 6.30. The molecule has 5 rings (SSSR count). The highest BCUT2D eigenvalue weighted by atomic mass is 35.5. The summed E-state index contributed by atoms with van der Waals surface area (Å²) < 4.78 is 15.5. The number of nitrogens with one attached hydrogen (secondary N) is 2. The van der Waals surface area contributed by atoms with Crippen molar-refractivity contribution in [2.75, 3.05) is 11.9 Å². The Hall–Kier alpha value is -4.64. The minimum Gasteiger partial charge on any atom is -0.436 e. The molecule has 1 aliphatic rings. The van der Waals surface area contributed by atoms with Crippen LogP contribution >= 0.6 is 11.6 Å². The second-order valence-electron chi connectivity index (χ2n) is 8.53. The summed E-state index contributed by atoms with van der Waals surface area (Å²) in [5.41, 5.74) is 2.28. The minimum atomic E-state index is -0.868. The molecule has 38 heavy (non-hydrogen) atoms. The molecule has 2 aromatic carbocycles. The van der Waals surface area contributed by atoms with Gasteiger partial charge in [-0.3, -0.25) is 14.5 Å². The van der Waals surface area contributed by atoms with Gasteiger partial charge in [0.25, 0.3) is 17.7 Å². The molecular weight excluding hydrogens is 512 g/mol. The second kappa shape index (κ2) is 10.8. The number of carbonyl (C=O) groups is 2. The Labute approximate surface area is 222 Å². The first-order valence-corrected chi connectivity index (χ1v) is 12.0. The first-order chi connectivity index (χ1) is 18.4. The van der Waals surface area contributed by atoms with Crippen LogP contribution < -0.4 is 15.4 Å². The molecule has 2 amide bonds. The van der Waals surface area contributed by atoms with Crippen molar-refractivity contribution in [1.82, 2.24) is 20.5 Å². The molecule has 12 heteroatoms. The molecule has 194 valence electrons. The maximum absolute atomic E-state index is 13.6. The number of amides is 2. The highest BCUT2D eigenvalue weighted by Crippen LogP contribution is 2.23. The lowest BCUT2D eigenvalue weighted by Gasteiger charge is -2.32. The Morgan fingerprint density at radius 1 is 1.11 bits per heavy atom. The molecule has 0 saturated heterocycles. The van der Waals surface area contributed by atoms with Crippen molar-refractivity contribution in [3.8, 4) is 11.6 Å². The van der Waals surface area contributed by atoms with Crippen molar-refractivity contribution < 1.29 is 23.4 Å². The van der Waals surface area contributed by atoms with Gasteiger partial charge in [0.2, 0.25) is 5.96 Å². The molecule has 1 atom stereocenters. The zero-order valence-corrected chi connectivity index (χ0v) is 21.2. The number of ether oxygens (including phenoxy) is 1. The first kappa shape index (κ1) is 25.0. The van der Waals surface area contributed by atoms with Crippen molar-refractivity contribution >= 4 is 35.1 Å². The van der Waals surface area contributed by atoms with Gasteiger partial charge in [-0.2, -0.15) is 0 Å². The number of anilines is 1. The lowest BCUT2D eigenvalue weighted by Crippen LogP contribution is -2.56. The van der Waals surface area contributed by atoms with Crippen LogP contribution in [0.4, 0.5) is 5.69 Å². The zero-order chi connectivity index (χ0) is 26.6. The number of hydrogen-bond acceptors (Lipinski definition) is 9. The van der Waals surface area contributed by atoms with E-state index in [1.807, 2.05) is 12.1 Å². The Balaban J connectivity index is 1.35. The van der Waals surface area contributed by atoms with Crippen LogP contribution in [0.3, 0.4) is 0 Å². The average molecular weight is 535 g/mol. The summed E-state index contributed by atoms with van der Waals surface area (Å²) in [5.74, 6) is 0.864. The van der Waals surface area contributed by atoms with E-state index in [0.717, 1.165) is 5.56 Å². The molecule has 0 spiro atoms. The summed E-state index contributed by atoms with van der Waals surface area (Å²) in [6.45, 7) is 3.59. The largest absolute Gasteiger partial charge is 0.436 e. The topological polar surface area (TPSA) is 135 Å². The Bertz CT molecular complexity index is 1450. The zero-order valence-electron chi connectivity index (χ0n) is 20.5. The summed E-state index contributed by atoms with van der Waals surface area (Å²) in [4.78, 5) is 32.6. The summed E-state index contributed by atoms with van der Waals surface area (Å²) in [7, 11) is 0. The van der Waals surface area contributed by atoms with E-state index in [1.165, 1.54) is 11.2 Å². The lowest BCUT2D eigenvalue weighted by molar-refractivity contribution is -0.130. The second-order valence-corrected chi connectivity index (χ2v) is 8.97. The van der Waals surface area contributed by atoms with Crippen molar-refractivity contribution in [2.45, 2.75) is 26.4 Å². The predicted molar refractivity (Wildman–Crippen MR) is 138 cm³/mol. The monoisotopic (exact) mass is 534 g/mol. The van der Waals surface area contributed by atoms with Gasteiger partial charge >= 0.3 is 0 Å². The fraction of sp³-hybridized carbons (Fsp3) is 0.192. The molecule has 0 saturated carbocycles. The molecular formula is C26H23ClN6O5. The summed E-state index contributed by atoms with van der Waals surface area (Å²) in [6, 6.07) is 15.0. The van der Waals surface area contributed by atoms with Crippen molar-refractivity contribution in [3.05, 3.63) is 88.5 Å². The van der Waals surface area contributed by atoms with Crippen LogP contribution in [0.1, 0.15) is 27.4 Å². The molecule has 2 aromatic heterocycles. The molecule has 4 aromatic rings. The van der Waals surface area contributed by atoms with Gasteiger partial charge < -0.3 is 24.4 Å². The molecule has 2 N–H and O–H groups in total. The van der Waals surface area contributed by atoms with Crippen LogP contribution in [-0.2, 0) is 11.3 Å². The number of aryl methyl sites for hydroxylation is 2. The molecule has 0 bridgehead atoms. The van der Waals surface area contributed by atoms with Gasteiger partial charge in [-0.05, 0) is 61.0 Å². The summed E-state index contributed by atoms with van der Waals surface area (Å²) in [6.07, 6.45) is 1.42. The number of aliphatic imine (C=N–C) groups is 1. The number of guanidine groups is 1. The Kier molecular flexibility index (Phi) is 7.09.